The Labute approximate surface area is 115 Å². The van der Waals surface area contributed by atoms with Crippen LogP contribution in [0.3, 0.4) is 0 Å². The molecular formula is C12H15ClN4O2. The number of rotatable bonds is 3. The van der Waals surface area contributed by atoms with Crippen LogP contribution in [0.4, 0.5) is 0 Å². The molecule has 1 saturated carbocycles. The maximum atomic E-state index is 12.1. The number of fused-ring (bicyclic) bond motifs is 2. The summed E-state index contributed by atoms with van der Waals surface area (Å²) in [5.74, 6) is 0.827. The number of nitrogens with one attached hydrogen (secondary N) is 2. The van der Waals surface area contributed by atoms with Crippen molar-refractivity contribution in [1.29, 1.82) is 0 Å². The summed E-state index contributed by atoms with van der Waals surface area (Å²) in [4.78, 5) is 20.0. The van der Waals surface area contributed by atoms with Crippen LogP contribution in [0.1, 0.15) is 23.5 Å². The van der Waals surface area contributed by atoms with Crippen LogP contribution in [0, 0.1) is 5.92 Å². The van der Waals surface area contributed by atoms with Crippen molar-refractivity contribution in [2.45, 2.75) is 24.9 Å². The second-order valence-corrected chi connectivity index (χ2v) is 5.34. The molecule has 1 aliphatic heterocycles. The molecule has 1 amide bonds. The second-order valence-electron chi connectivity index (χ2n) is 4.98. The molecule has 1 aromatic heterocycles. The molecule has 2 aliphatic rings. The van der Waals surface area contributed by atoms with Crippen molar-refractivity contribution >= 4 is 17.5 Å². The SMILES string of the molecule is COc1cnc(C(=O)NC2CC3CNC2C3)nc1Cl. The van der Waals surface area contributed by atoms with E-state index < -0.39 is 0 Å². The molecule has 3 unspecified atom stereocenters. The molecule has 0 spiro atoms. The van der Waals surface area contributed by atoms with E-state index in [-0.39, 0.29) is 22.9 Å². The molecule has 6 nitrogen and oxygen atoms in total. The lowest BCUT2D eigenvalue weighted by Crippen LogP contribution is -2.48. The first kappa shape index (κ1) is 12.6. The van der Waals surface area contributed by atoms with Gasteiger partial charge in [0, 0.05) is 12.1 Å². The molecule has 3 rings (SSSR count). The predicted molar refractivity (Wildman–Crippen MR) is 69.4 cm³/mol. The number of piperidine rings is 1. The second kappa shape index (κ2) is 4.94. The molecule has 0 radical (unpaired) electrons. The van der Waals surface area contributed by atoms with Gasteiger partial charge in [-0.05, 0) is 25.3 Å². The minimum Gasteiger partial charge on any atom is -0.492 e. The van der Waals surface area contributed by atoms with Crippen LogP contribution in [0.2, 0.25) is 5.15 Å². The molecule has 7 heteroatoms. The highest BCUT2D eigenvalue weighted by Crippen LogP contribution is 2.31. The summed E-state index contributed by atoms with van der Waals surface area (Å²) in [6, 6.07) is 0.540. The Balaban J connectivity index is 1.69. The maximum absolute atomic E-state index is 12.1. The number of hydrogen-bond donors (Lipinski definition) is 2. The Hall–Kier alpha value is -1.40. The number of methoxy groups -OCH3 is 1. The fourth-order valence-electron chi connectivity index (χ4n) is 2.84. The lowest BCUT2D eigenvalue weighted by molar-refractivity contribution is 0.0917. The molecule has 0 aromatic carbocycles. The third-order valence-corrected chi connectivity index (χ3v) is 4.05. The van der Waals surface area contributed by atoms with Crippen molar-refractivity contribution in [3.8, 4) is 5.75 Å². The smallest absolute Gasteiger partial charge is 0.289 e. The number of halogens is 1. The zero-order chi connectivity index (χ0) is 13.4. The van der Waals surface area contributed by atoms with E-state index in [0.717, 1.165) is 19.4 Å². The number of carbonyl (C=O) groups excluding carboxylic acids is 1. The lowest BCUT2D eigenvalue weighted by Gasteiger charge is -2.23. The van der Waals surface area contributed by atoms with E-state index >= 15 is 0 Å². The normalized spacial score (nSPS) is 28.4. The van der Waals surface area contributed by atoms with Gasteiger partial charge in [-0.3, -0.25) is 4.79 Å². The monoisotopic (exact) mass is 282 g/mol. The van der Waals surface area contributed by atoms with E-state index in [1.54, 1.807) is 0 Å². The first-order chi connectivity index (χ1) is 9.17. The fraction of sp³-hybridized carbons (Fsp3) is 0.583. The summed E-state index contributed by atoms with van der Waals surface area (Å²) in [6.07, 6.45) is 3.56. The number of carbonyl (C=O) groups is 1. The predicted octanol–water partition coefficient (Wildman–Crippen LogP) is 0.619. The van der Waals surface area contributed by atoms with Crippen molar-refractivity contribution in [3.63, 3.8) is 0 Å². The summed E-state index contributed by atoms with van der Waals surface area (Å²) in [6.45, 7) is 1.06. The van der Waals surface area contributed by atoms with Gasteiger partial charge in [0.25, 0.3) is 5.91 Å². The highest BCUT2D eigenvalue weighted by atomic mass is 35.5. The van der Waals surface area contributed by atoms with Gasteiger partial charge in [-0.25, -0.2) is 9.97 Å². The summed E-state index contributed by atoms with van der Waals surface area (Å²) in [7, 11) is 1.48. The Morgan fingerprint density at radius 3 is 3.00 bits per heavy atom. The average molecular weight is 283 g/mol. The molecule has 2 heterocycles. The van der Waals surface area contributed by atoms with E-state index in [9.17, 15) is 4.79 Å². The molecule has 2 N–H and O–H groups in total. The number of amides is 1. The number of ether oxygens (including phenoxy) is 1. The molecule has 2 bridgehead atoms. The lowest BCUT2D eigenvalue weighted by atomic mass is 10.1. The van der Waals surface area contributed by atoms with Gasteiger partial charge in [-0.2, -0.15) is 0 Å². The van der Waals surface area contributed by atoms with E-state index in [1.807, 2.05) is 0 Å². The van der Waals surface area contributed by atoms with Crippen molar-refractivity contribution < 1.29 is 9.53 Å². The number of nitrogens with zero attached hydrogens (tertiary/aromatic N) is 2. The summed E-state index contributed by atoms with van der Waals surface area (Å²) >= 11 is 5.88. The van der Waals surface area contributed by atoms with E-state index in [1.165, 1.54) is 13.3 Å². The largest absolute Gasteiger partial charge is 0.492 e. The first-order valence-corrected chi connectivity index (χ1v) is 6.66. The molecule has 1 aromatic rings. The first-order valence-electron chi connectivity index (χ1n) is 6.28. The topological polar surface area (TPSA) is 76.1 Å². The van der Waals surface area contributed by atoms with Crippen LogP contribution < -0.4 is 15.4 Å². The number of hydrogen-bond acceptors (Lipinski definition) is 5. The third-order valence-electron chi connectivity index (χ3n) is 3.78. The van der Waals surface area contributed by atoms with Gasteiger partial charge in [-0.1, -0.05) is 11.6 Å². The molecule has 102 valence electrons. The highest BCUT2D eigenvalue weighted by molar-refractivity contribution is 6.30. The Bertz CT molecular complexity index is 511. The van der Waals surface area contributed by atoms with Crippen LogP contribution in [0.5, 0.6) is 5.75 Å². The van der Waals surface area contributed by atoms with E-state index in [2.05, 4.69) is 20.6 Å². The zero-order valence-electron chi connectivity index (χ0n) is 10.5. The van der Waals surface area contributed by atoms with Crippen molar-refractivity contribution in [2.24, 2.45) is 5.92 Å². The number of aromatic nitrogens is 2. The van der Waals surface area contributed by atoms with Crippen LogP contribution in [-0.4, -0.2) is 41.6 Å². The fourth-order valence-corrected chi connectivity index (χ4v) is 3.05. The standard InChI is InChI=1S/C12H15ClN4O2/c1-19-9-5-15-11(17-10(9)13)12(18)16-8-3-6-2-7(8)14-4-6/h5-8,14H,2-4H2,1H3,(H,16,18). The average Bonchev–Trinajstić information content (AvgIpc) is 3.00. The Kier molecular flexibility index (Phi) is 3.28. The molecule has 19 heavy (non-hydrogen) atoms. The molecular weight excluding hydrogens is 268 g/mol. The minimum absolute atomic E-state index is 0.0774. The van der Waals surface area contributed by atoms with Crippen LogP contribution in [-0.2, 0) is 0 Å². The third kappa shape index (κ3) is 2.37. The molecule has 1 aliphatic carbocycles. The zero-order valence-corrected chi connectivity index (χ0v) is 11.3. The van der Waals surface area contributed by atoms with Gasteiger partial charge in [0.15, 0.2) is 10.9 Å². The maximum Gasteiger partial charge on any atom is 0.289 e. The summed E-state index contributed by atoms with van der Waals surface area (Å²) in [5.41, 5.74) is 0. The van der Waals surface area contributed by atoms with Crippen molar-refractivity contribution in [1.82, 2.24) is 20.6 Å². The van der Waals surface area contributed by atoms with Crippen LogP contribution in [0.25, 0.3) is 0 Å². The summed E-state index contributed by atoms with van der Waals surface area (Å²) < 4.78 is 4.95. The van der Waals surface area contributed by atoms with Gasteiger partial charge in [0.05, 0.1) is 13.3 Å². The van der Waals surface area contributed by atoms with Gasteiger partial charge < -0.3 is 15.4 Å². The van der Waals surface area contributed by atoms with Crippen molar-refractivity contribution in [2.75, 3.05) is 13.7 Å². The minimum atomic E-state index is -0.288. The van der Waals surface area contributed by atoms with Gasteiger partial charge in [-0.15, -0.1) is 0 Å². The van der Waals surface area contributed by atoms with Gasteiger partial charge in [0.2, 0.25) is 5.82 Å². The molecule has 2 fully saturated rings. The quantitative estimate of drug-likeness (QED) is 0.795. The van der Waals surface area contributed by atoms with Gasteiger partial charge in [0.1, 0.15) is 0 Å². The molecule has 3 atom stereocenters. The Morgan fingerprint density at radius 2 is 2.42 bits per heavy atom. The van der Waals surface area contributed by atoms with Crippen molar-refractivity contribution in [3.05, 3.63) is 17.2 Å². The van der Waals surface area contributed by atoms with E-state index in [4.69, 9.17) is 16.3 Å². The van der Waals surface area contributed by atoms with Crippen LogP contribution in [0.15, 0.2) is 6.20 Å². The van der Waals surface area contributed by atoms with E-state index in [0.29, 0.717) is 17.7 Å². The Morgan fingerprint density at radius 1 is 1.58 bits per heavy atom. The van der Waals surface area contributed by atoms with Crippen LogP contribution >= 0.6 is 11.6 Å². The molecule has 1 saturated heterocycles. The highest BCUT2D eigenvalue weighted by Gasteiger charge is 2.40. The summed E-state index contributed by atoms with van der Waals surface area (Å²) in [5, 5.41) is 6.50. The van der Waals surface area contributed by atoms with Gasteiger partial charge >= 0.3 is 0 Å².